The molecule has 2 heterocycles. The van der Waals surface area contributed by atoms with Crippen LogP contribution in [0.25, 0.3) is 6.08 Å². The lowest BCUT2D eigenvalue weighted by Gasteiger charge is -2.31. The molecule has 2 aromatic carbocycles. The molecule has 338 valence electrons. The first kappa shape index (κ1) is 47.1. The predicted molar refractivity (Wildman–Crippen MR) is 236 cm³/mol. The van der Waals surface area contributed by atoms with Crippen LogP contribution in [0.3, 0.4) is 0 Å². The summed E-state index contributed by atoms with van der Waals surface area (Å²) in [4.78, 5) is 53.3. The van der Waals surface area contributed by atoms with E-state index in [2.05, 4.69) is 36.6 Å². The molecular weight excluding hydrogens is 789 g/mol. The first-order valence-electron chi connectivity index (χ1n) is 23.0. The number of esters is 2. The molecule has 4 aliphatic rings. The Morgan fingerprint density at radius 2 is 1.66 bits per heavy atom. The number of carbonyl (C=O) groups is 4. The van der Waals surface area contributed by atoms with Crippen LogP contribution in [-0.4, -0.2) is 83.4 Å². The number of fused-ring (bicyclic) bond motifs is 2. The van der Waals surface area contributed by atoms with Crippen molar-refractivity contribution < 1.29 is 48.0 Å². The molecule has 2 amide bonds. The zero-order chi connectivity index (χ0) is 44.3. The smallest absolute Gasteiger partial charge is 0.338 e. The lowest BCUT2D eigenvalue weighted by atomic mass is 9.88. The monoisotopic (exact) mass is 856 g/mol. The van der Waals surface area contributed by atoms with Gasteiger partial charge >= 0.3 is 11.9 Å². The predicted octanol–water partition coefficient (Wildman–Crippen LogP) is 8.29. The summed E-state index contributed by atoms with van der Waals surface area (Å²) in [6.45, 7) is 9.46. The van der Waals surface area contributed by atoms with Crippen LogP contribution in [-0.2, 0) is 39.8 Å². The molecule has 2 aliphatic carbocycles. The van der Waals surface area contributed by atoms with Crippen LogP contribution in [0.15, 0.2) is 66.3 Å². The number of aliphatic hydroxyl groups excluding tert-OH is 1. The highest BCUT2D eigenvalue weighted by atomic mass is 16.8. The topological polar surface area (TPSA) is 162 Å². The van der Waals surface area contributed by atoms with E-state index in [-0.39, 0.29) is 38.3 Å². The molecule has 2 aromatic rings. The third-order valence-electron chi connectivity index (χ3n) is 12.1. The summed E-state index contributed by atoms with van der Waals surface area (Å²) in [5, 5.41) is 15.7. The summed E-state index contributed by atoms with van der Waals surface area (Å²) < 4.78 is 31.0. The summed E-state index contributed by atoms with van der Waals surface area (Å²) in [5.41, 5.74) is 2.17. The largest absolute Gasteiger partial charge is 0.460 e. The van der Waals surface area contributed by atoms with Crippen molar-refractivity contribution in [1.29, 1.82) is 0 Å². The van der Waals surface area contributed by atoms with Crippen molar-refractivity contribution in [1.82, 2.24) is 10.6 Å². The Kier molecular flexibility index (Phi) is 16.6. The van der Waals surface area contributed by atoms with Crippen molar-refractivity contribution in [2.24, 2.45) is 5.92 Å². The highest BCUT2D eigenvalue weighted by molar-refractivity contribution is 5.95. The van der Waals surface area contributed by atoms with Gasteiger partial charge in [-0.2, -0.15) is 0 Å². The maximum atomic E-state index is 14.0. The number of epoxide rings is 1. The number of amides is 2. The number of carbonyl (C=O) groups excluding carboxylic acids is 4. The minimum Gasteiger partial charge on any atom is -0.460 e. The first-order chi connectivity index (χ1) is 29.8. The van der Waals surface area contributed by atoms with Crippen molar-refractivity contribution >= 4 is 29.8 Å². The van der Waals surface area contributed by atoms with E-state index in [0.29, 0.717) is 53.2 Å². The molecule has 12 heteroatoms. The van der Waals surface area contributed by atoms with Crippen LogP contribution in [0.4, 0.5) is 0 Å². The van der Waals surface area contributed by atoms with Gasteiger partial charge in [-0.25, -0.2) is 4.79 Å². The van der Waals surface area contributed by atoms with E-state index in [1.165, 1.54) is 0 Å². The average molecular weight is 857 g/mol. The van der Waals surface area contributed by atoms with Gasteiger partial charge in [-0.05, 0) is 107 Å². The minimum absolute atomic E-state index is 0.0463. The fourth-order valence-corrected chi connectivity index (χ4v) is 8.71. The maximum Gasteiger partial charge on any atom is 0.338 e. The minimum atomic E-state index is -0.839. The quantitative estimate of drug-likeness (QED) is 0.0633. The molecule has 1 saturated carbocycles. The lowest BCUT2D eigenvalue weighted by molar-refractivity contribution is -0.190. The standard InChI is InChI=1S/C50H68N2O10/c1-6-8-10-24-50(25-11-9-7-2)60-43-30-38(46(55)51-31-35-15-13-16-36(27-35)47(56)52-39(32-53)21-23-44(54)61-49(3,4)5)29-42(45(43)62-50)59-48(57)37-17-12-14-33(26-37)18-19-34-20-22-40-41(28-34)58-40/h12-19,26-27,30,34,39-43,45,53H,6-11,20-25,28-29,31-32H2,1-5H3,(H,51,55)(H,52,56). The molecule has 0 radical (unpaired) electrons. The van der Waals surface area contributed by atoms with E-state index >= 15 is 0 Å². The fraction of sp³-hybridized carbons (Fsp3) is 0.600. The van der Waals surface area contributed by atoms with Gasteiger partial charge in [0.05, 0.1) is 30.4 Å². The number of rotatable bonds is 21. The van der Waals surface area contributed by atoms with Crippen LogP contribution < -0.4 is 10.6 Å². The molecule has 7 atom stereocenters. The van der Waals surface area contributed by atoms with Gasteiger partial charge in [0.15, 0.2) is 5.79 Å². The van der Waals surface area contributed by atoms with Crippen LogP contribution in [0.1, 0.15) is 156 Å². The van der Waals surface area contributed by atoms with E-state index in [1.54, 1.807) is 45.0 Å². The van der Waals surface area contributed by atoms with Crippen molar-refractivity contribution in [2.75, 3.05) is 6.61 Å². The molecular formula is C50H68N2O10. The number of unbranched alkanes of at least 4 members (excludes halogenated alkanes) is 4. The number of allylic oxidation sites excluding steroid dienone is 1. The zero-order valence-electron chi connectivity index (χ0n) is 37.3. The number of aliphatic hydroxyl groups is 1. The molecule has 12 nitrogen and oxygen atoms in total. The Hall–Kier alpha value is -4.36. The number of ether oxygens (including phenoxy) is 5. The van der Waals surface area contributed by atoms with E-state index in [4.69, 9.17) is 23.7 Å². The van der Waals surface area contributed by atoms with Gasteiger partial charge in [0, 0.05) is 43.4 Å². The normalized spacial score (nSPS) is 24.3. The Bertz CT molecular complexity index is 1910. The van der Waals surface area contributed by atoms with E-state index in [1.807, 2.05) is 30.3 Å². The molecule has 62 heavy (non-hydrogen) atoms. The number of benzene rings is 2. The summed E-state index contributed by atoms with van der Waals surface area (Å²) in [7, 11) is 0. The van der Waals surface area contributed by atoms with Crippen molar-refractivity contribution in [3.8, 4) is 0 Å². The Morgan fingerprint density at radius 3 is 2.37 bits per heavy atom. The van der Waals surface area contributed by atoms with Gasteiger partial charge in [-0.3, -0.25) is 14.4 Å². The Morgan fingerprint density at radius 1 is 0.919 bits per heavy atom. The number of hydrogen-bond acceptors (Lipinski definition) is 10. The third-order valence-corrected chi connectivity index (χ3v) is 12.1. The molecule has 3 fully saturated rings. The summed E-state index contributed by atoms with van der Waals surface area (Å²) in [6.07, 6.45) is 16.1. The fourth-order valence-electron chi connectivity index (χ4n) is 8.71. The van der Waals surface area contributed by atoms with Crippen LogP contribution >= 0.6 is 0 Å². The first-order valence-corrected chi connectivity index (χ1v) is 23.0. The van der Waals surface area contributed by atoms with Gasteiger partial charge in [0.1, 0.15) is 23.9 Å². The second-order valence-corrected chi connectivity index (χ2v) is 18.5. The molecule has 6 rings (SSSR count). The summed E-state index contributed by atoms with van der Waals surface area (Å²) in [5.74, 6) is -2.03. The molecule has 7 unspecified atom stereocenters. The second kappa shape index (κ2) is 21.8. The molecule has 3 N–H and O–H groups in total. The highest BCUT2D eigenvalue weighted by Gasteiger charge is 2.52. The number of nitrogens with one attached hydrogen (secondary N) is 2. The van der Waals surface area contributed by atoms with Gasteiger partial charge < -0.3 is 39.4 Å². The van der Waals surface area contributed by atoms with E-state index in [0.717, 1.165) is 63.4 Å². The molecule has 2 saturated heterocycles. The van der Waals surface area contributed by atoms with Crippen molar-refractivity contribution in [3.05, 3.63) is 88.5 Å². The van der Waals surface area contributed by atoms with Crippen LogP contribution in [0, 0.1) is 5.92 Å². The Balaban J connectivity index is 1.13. The molecule has 2 aliphatic heterocycles. The Labute approximate surface area is 367 Å². The van der Waals surface area contributed by atoms with Crippen molar-refractivity contribution in [2.45, 2.75) is 179 Å². The summed E-state index contributed by atoms with van der Waals surface area (Å²) >= 11 is 0. The molecule has 0 spiro atoms. The molecule has 0 aromatic heterocycles. The third kappa shape index (κ3) is 13.6. The van der Waals surface area contributed by atoms with Gasteiger partial charge in [0.25, 0.3) is 5.91 Å². The van der Waals surface area contributed by atoms with Gasteiger partial charge in [-0.15, -0.1) is 0 Å². The lowest BCUT2D eigenvalue weighted by Crippen LogP contribution is -2.43. The van der Waals surface area contributed by atoms with Crippen molar-refractivity contribution in [3.63, 3.8) is 0 Å². The molecule has 0 bridgehead atoms. The van der Waals surface area contributed by atoms with Gasteiger partial charge in [0.2, 0.25) is 5.91 Å². The summed E-state index contributed by atoms with van der Waals surface area (Å²) in [6, 6.07) is 13.6. The van der Waals surface area contributed by atoms with E-state index < -0.39 is 53.6 Å². The highest BCUT2D eigenvalue weighted by Crippen LogP contribution is 2.43. The maximum absolute atomic E-state index is 14.0. The van der Waals surface area contributed by atoms with Gasteiger partial charge in [-0.1, -0.05) is 75.9 Å². The van der Waals surface area contributed by atoms with E-state index in [9.17, 15) is 24.3 Å². The zero-order valence-corrected chi connectivity index (χ0v) is 37.3. The van der Waals surface area contributed by atoms with Crippen LogP contribution in [0.5, 0.6) is 0 Å². The average Bonchev–Trinajstić information content (AvgIpc) is 3.94. The second-order valence-electron chi connectivity index (χ2n) is 18.5. The number of hydrogen-bond donors (Lipinski definition) is 3. The van der Waals surface area contributed by atoms with Crippen LogP contribution in [0.2, 0.25) is 0 Å². The SMILES string of the molecule is CCCCCC1(CCCCC)OC2C=C(C(=O)NCc3cccc(C(=O)NC(CO)CCC(=O)OC(C)(C)C)c3)CC(OC(=O)c3cccc(C=CC4CCC5OC5C4)c3)C2O1.